The summed E-state index contributed by atoms with van der Waals surface area (Å²) in [4.78, 5) is 49.7. The first-order valence-electron chi connectivity index (χ1n) is 11.2. The Balaban J connectivity index is 1.48. The number of anilines is 1. The molecule has 1 N–H and O–H groups in total. The summed E-state index contributed by atoms with van der Waals surface area (Å²) in [5.41, 5.74) is 0.383. The van der Waals surface area contributed by atoms with E-state index in [0.717, 1.165) is 29.4 Å². The molecule has 1 aliphatic rings. The molecule has 2 heterocycles. The first kappa shape index (κ1) is 25.7. The lowest BCUT2D eigenvalue weighted by atomic mass is 9.99. The van der Waals surface area contributed by atoms with Crippen molar-refractivity contribution in [1.29, 1.82) is 0 Å². The summed E-state index contributed by atoms with van der Waals surface area (Å²) in [7, 11) is 1.15. The summed E-state index contributed by atoms with van der Waals surface area (Å²) >= 11 is 0. The number of benzene rings is 2. The highest BCUT2D eigenvalue weighted by atomic mass is 19.2. The molecule has 1 aliphatic heterocycles. The van der Waals surface area contributed by atoms with Crippen molar-refractivity contribution in [2.45, 2.75) is 19.4 Å². The van der Waals surface area contributed by atoms with Crippen LogP contribution in [0.1, 0.15) is 27.9 Å². The molecule has 0 bridgehead atoms. The molecule has 37 heavy (non-hydrogen) atoms. The van der Waals surface area contributed by atoms with Gasteiger partial charge in [-0.25, -0.2) is 13.2 Å². The predicted octanol–water partition coefficient (Wildman–Crippen LogP) is 3.25. The van der Waals surface area contributed by atoms with Gasteiger partial charge in [0.25, 0.3) is 5.56 Å². The second-order valence-corrected chi connectivity index (χ2v) is 8.43. The molecule has 0 saturated heterocycles. The number of methoxy groups -OCH3 is 1. The van der Waals surface area contributed by atoms with Crippen LogP contribution in [0, 0.1) is 23.4 Å². The van der Waals surface area contributed by atoms with Gasteiger partial charge in [0.1, 0.15) is 12.4 Å². The van der Waals surface area contributed by atoms with Gasteiger partial charge < -0.3 is 19.4 Å². The molecule has 0 radical (unpaired) electrons. The van der Waals surface area contributed by atoms with Crippen LogP contribution >= 0.6 is 0 Å². The first-order valence-corrected chi connectivity index (χ1v) is 11.2. The lowest BCUT2D eigenvalue weighted by Gasteiger charge is -2.16. The zero-order valence-corrected chi connectivity index (χ0v) is 19.6. The van der Waals surface area contributed by atoms with E-state index >= 15 is 0 Å². The van der Waals surface area contributed by atoms with Gasteiger partial charge in [-0.15, -0.1) is 0 Å². The fraction of sp³-hybridized carbons (Fsp3) is 0.231. The quantitative estimate of drug-likeness (QED) is 0.267. The Bertz CT molecular complexity index is 1430. The second kappa shape index (κ2) is 10.7. The van der Waals surface area contributed by atoms with Gasteiger partial charge in [-0.2, -0.15) is 0 Å². The molecule has 1 atom stereocenters. The molecule has 0 aliphatic carbocycles. The van der Waals surface area contributed by atoms with Gasteiger partial charge in [0.05, 0.1) is 31.6 Å². The van der Waals surface area contributed by atoms with Crippen LogP contribution in [-0.4, -0.2) is 35.9 Å². The monoisotopic (exact) mass is 514 g/mol. The van der Waals surface area contributed by atoms with Crippen molar-refractivity contribution in [3.63, 3.8) is 0 Å². The number of carbonyl (C=O) groups is 3. The number of esters is 1. The van der Waals surface area contributed by atoms with Crippen LogP contribution in [0.4, 0.5) is 18.9 Å². The molecule has 1 aromatic heterocycles. The fourth-order valence-electron chi connectivity index (χ4n) is 3.96. The van der Waals surface area contributed by atoms with Crippen molar-refractivity contribution in [2.24, 2.45) is 5.92 Å². The Morgan fingerprint density at radius 2 is 1.81 bits per heavy atom. The molecule has 0 spiro atoms. The van der Waals surface area contributed by atoms with Crippen LogP contribution in [0.3, 0.4) is 0 Å². The highest BCUT2D eigenvalue weighted by Crippen LogP contribution is 2.28. The van der Waals surface area contributed by atoms with E-state index in [-0.39, 0.29) is 36.6 Å². The van der Waals surface area contributed by atoms with Crippen molar-refractivity contribution in [1.82, 2.24) is 4.57 Å². The topological polar surface area (TPSA) is 104 Å². The molecule has 3 aromatic rings. The van der Waals surface area contributed by atoms with E-state index in [4.69, 9.17) is 9.47 Å². The summed E-state index contributed by atoms with van der Waals surface area (Å²) in [5.74, 6) is -6.65. The van der Waals surface area contributed by atoms with Crippen molar-refractivity contribution in [3.8, 4) is 5.75 Å². The van der Waals surface area contributed by atoms with Crippen LogP contribution in [-0.2, 0) is 27.3 Å². The molecule has 0 saturated carbocycles. The Kier molecular flexibility index (Phi) is 7.42. The zero-order chi connectivity index (χ0) is 26.7. The molecule has 4 rings (SSSR count). The average Bonchev–Trinajstić information content (AvgIpc) is 3.24. The predicted molar refractivity (Wildman–Crippen MR) is 125 cm³/mol. The third-order valence-corrected chi connectivity index (χ3v) is 5.84. The number of fused-ring (bicyclic) bond motifs is 1. The lowest BCUT2D eigenvalue weighted by molar-refractivity contribution is -0.146. The largest absolute Gasteiger partial charge is 0.493 e. The number of carbonyl (C=O) groups excluding carboxylic acids is 3. The van der Waals surface area contributed by atoms with Crippen LogP contribution in [0.25, 0.3) is 0 Å². The van der Waals surface area contributed by atoms with E-state index in [1.54, 1.807) is 18.2 Å². The van der Waals surface area contributed by atoms with Crippen LogP contribution < -0.4 is 15.6 Å². The molecule has 1 unspecified atom stereocenters. The number of Topliss-reactive ketones (excluding diaryl/α,β-unsaturated/α-hetero) is 1. The Hall–Kier alpha value is -4.41. The Morgan fingerprint density at radius 1 is 1.08 bits per heavy atom. The molecular formula is C26H21F3N2O6. The number of ether oxygens (including phenoxy) is 2. The molecule has 2 aromatic carbocycles. The number of aromatic nitrogens is 1. The van der Waals surface area contributed by atoms with Gasteiger partial charge in [-0.1, -0.05) is 6.07 Å². The van der Waals surface area contributed by atoms with Gasteiger partial charge in [0.2, 0.25) is 5.91 Å². The standard InChI is InChI=1S/C26H21F3N2O6/c1-36-26(35)16(13-37-17-5-4-15-10-23(33)30-21(15)11-17)9-22(32)18-3-2-6-31(25(18)34)12-14-7-19(27)24(29)20(28)8-14/h2-8,11,16H,9-10,12-13H2,1H3,(H,30,33). The third-order valence-electron chi connectivity index (χ3n) is 5.84. The van der Waals surface area contributed by atoms with Gasteiger partial charge in [-0.3, -0.25) is 19.2 Å². The average molecular weight is 514 g/mol. The molecule has 1 amide bonds. The number of nitrogens with zero attached hydrogens (tertiary/aromatic N) is 1. The third kappa shape index (κ3) is 5.71. The Morgan fingerprint density at radius 3 is 2.51 bits per heavy atom. The normalized spacial score (nSPS) is 13.0. The SMILES string of the molecule is COC(=O)C(COc1ccc2c(c1)NC(=O)C2)CC(=O)c1cccn(Cc2cc(F)c(F)c(F)c2)c1=O. The van der Waals surface area contributed by atoms with Gasteiger partial charge in [-0.05, 0) is 41.5 Å². The summed E-state index contributed by atoms with van der Waals surface area (Å²) in [6.07, 6.45) is 1.16. The zero-order valence-electron chi connectivity index (χ0n) is 19.6. The van der Waals surface area contributed by atoms with Crippen LogP contribution in [0.15, 0.2) is 53.5 Å². The van der Waals surface area contributed by atoms with Crippen molar-refractivity contribution in [3.05, 3.63) is 93.2 Å². The Labute approximate surface area is 208 Å². The molecule has 192 valence electrons. The number of nitrogens with one attached hydrogen (secondary N) is 1. The van der Waals surface area contributed by atoms with Crippen molar-refractivity contribution < 1.29 is 37.0 Å². The number of hydrogen-bond donors (Lipinski definition) is 1. The van der Waals surface area contributed by atoms with Gasteiger partial charge in [0, 0.05) is 24.4 Å². The van der Waals surface area contributed by atoms with Gasteiger partial charge in [0.15, 0.2) is 23.2 Å². The summed E-state index contributed by atoms with van der Waals surface area (Å²) in [6.45, 7) is -0.549. The number of pyridine rings is 1. The lowest BCUT2D eigenvalue weighted by Crippen LogP contribution is -2.30. The maximum absolute atomic E-state index is 13.6. The first-order chi connectivity index (χ1) is 17.7. The highest BCUT2D eigenvalue weighted by Gasteiger charge is 2.26. The maximum Gasteiger partial charge on any atom is 0.312 e. The molecule has 0 fully saturated rings. The summed E-state index contributed by atoms with van der Waals surface area (Å²) in [6, 6.07) is 9.13. The van der Waals surface area contributed by atoms with E-state index in [1.165, 1.54) is 18.3 Å². The number of amides is 1. The smallest absolute Gasteiger partial charge is 0.312 e. The van der Waals surface area contributed by atoms with E-state index in [1.807, 2.05) is 0 Å². The minimum Gasteiger partial charge on any atom is -0.493 e. The fourth-order valence-corrected chi connectivity index (χ4v) is 3.96. The summed E-state index contributed by atoms with van der Waals surface area (Å²) in [5, 5.41) is 2.69. The maximum atomic E-state index is 13.6. The minimum absolute atomic E-state index is 0.0190. The highest BCUT2D eigenvalue weighted by molar-refractivity contribution is 5.99. The van der Waals surface area contributed by atoms with Crippen LogP contribution in [0.5, 0.6) is 5.75 Å². The molecule has 11 heteroatoms. The second-order valence-electron chi connectivity index (χ2n) is 8.43. The van der Waals surface area contributed by atoms with Crippen LogP contribution in [0.2, 0.25) is 0 Å². The number of hydrogen-bond acceptors (Lipinski definition) is 6. The van der Waals surface area contributed by atoms with Crippen molar-refractivity contribution in [2.75, 3.05) is 19.0 Å². The molecular weight excluding hydrogens is 493 g/mol. The van der Waals surface area contributed by atoms with E-state index in [0.29, 0.717) is 11.4 Å². The van der Waals surface area contributed by atoms with E-state index in [9.17, 15) is 32.3 Å². The number of halogens is 3. The van der Waals surface area contributed by atoms with E-state index < -0.39 is 47.1 Å². The minimum atomic E-state index is -1.62. The van der Waals surface area contributed by atoms with Crippen molar-refractivity contribution >= 4 is 23.3 Å². The summed E-state index contributed by atoms with van der Waals surface area (Å²) < 4.78 is 51.8. The molecule has 8 nitrogen and oxygen atoms in total. The van der Waals surface area contributed by atoms with E-state index in [2.05, 4.69) is 5.32 Å². The number of rotatable bonds is 9. The van der Waals surface area contributed by atoms with Gasteiger partial charge >= 0.3 is 5.97 Å². The number of ketones is 1.